The monoisotopic (exact) mass is 492 g/mol. The number of amides is 1. The third-order valence-electron chi connectivity index (χ3n) is 5.38. The minimum absolute atomic E-state index is 0.0218. The molecule has 32 heavy (non-hydrogen) atoms. The fourth-order valence-electron chi connectivity index (χ4n) is 3.89. The van der Waals surface area contributed by atoms with Crippen LogP contribution in [0.15, 0.2) is 64.4 Å². The highest BCUT2D eigenvalue weighted by molar-refractivity contribution is 7.92. The van der Waals surface area contributed by atoms with Crippen LogP contribution in [0.2, 0.25) is 10.0 Å². The zero-order chi connectivity index (χ0) is 23.2. The van der Waals surface area contributed by atoms with Gasteiger partial charge in [-0.2, -0.15) is 9.78 Å². The van der Waals surface area contributed by atoms with Gasteiger partial charge in [-0.3, -0.25) is 13.9 Å². The molecule has 0 spiro atoms. The molecule has 0 saturated carbocycles. The minimum Gasteiger partial charge on any atom is -0.369 e. The van der Waals surface area contributed by atoms with Crippen molar-refractivity contribution in [2.24, 2.45) is 5.73 Å². The van der Waals surface area contributed by atoms with Crippen LogP contribution in [0.1, 0.15) is 24.8 Å². The van der Waals surface area contributed by atoms with Gasteiger partial charge in [0, 0.05) is 6.04 Å². The Morgan fingerprint density at radius 3 is 2.44 bits per heavy atom. The van der Waals surface area contributed by atoms with Crippen LogP contribution >= 0.6 is 23.2 Å². The number of primary amides is 1. The number of carbonyl (C=O) groups is 1. The van der Waals surface area contributed by atoms with Gasteiger partial charge in [0.15, 0.2) is 0 Å². The van der Waals surface area contributed by atoms with Gasteiger partial charge in [0.1, 0.15) is 5.02 Å². The zero-order valence-electron chi connectivity index (χ0n) is 16.8. The number of halogens is 2. The zero-order valence-corrected chi connectivity index (χ0v) is 19.1. The molecular formula is C21H18Cl2N4O4S. The van der Waals surface area contributed by atoms with Crippen molar-refractivity contribution in [1.29, 1.82) is 0 Å². The summed E-state index contributed by atoms with van der Waals surface area (Å²) in [6.07, 6.45) is 1.50. The predicted octanol–water partition coefficient (Wildman–Crippen LogP) is 3.10. The van der Waals surface area contributed by atoms with E-state index < -0.39 is 33.4 Å². The first-order chi connectivity index (χ1) is 15.1. The molecule has 1 aromatic heterocycles. The highest BCUT2D eigenvalue weighted by Gasteiger charge is 2.39. The van der Waals surface area contributed by atoms with Crippen LogP contribution in [0, 0.1) is 0 Å². The largest absolute Gasteiger partial charge is 0.369 e. The summed E-state index contributed by atoms with van der Waals surface area (Å²) < 4.78 is 29.4. The van der Waals surface area contributed by atoms with Crippen molar-refractivity contribution in [3.8, 4) is 5.69 Å². The average Bonchev–Trinajstić information content (AvgIpc) is 2.77. The summed E-state index contributed by atoms with van der Waals surface area (Å²) in [7, 11) is -3.97. The topological polar surface area (TPSA) is 115 Å². The van der Waals surface area contributed by atoms with Gasteiger partial charge in [-0.15, -0.1) is 0 Å². The van der Waals surface area contributed by atoms with Gasteiger partial charge in [0.2, 0.25) is 5.91 Å². The fourth-order valence-corrected chi connectivity index (χ4v) is 5.83. The maximum Gasteiger partial charge on any atom is 0.291 e. The van der Waals surface area contributed by atoms with E-state index in [4.69, 9.17) is 28.9 Å². The third-order valence-corrected chi connectivity index (χ3v) is 8.08. The molecule has 2 atom stereocenters. The number of anilines is 1. The summed E-state index contributed by atoms with van der Waals surface area (Å²) in [5, 5.41) is 3.79. The van der Waals surface area contributed by atoms with Crippen LogP contribution < -0.4 is 15.6 Å². The van der Waals surface area contributed by atoms with Crippen molar-refractivity contribution < 1.29 is 13.2 Å². The van der Waals surface area contributed by atoms with Gasteiger partial charge >= 0.3 is 0 Å². The Morgan fingerprint density at radius 1 is 1.12 bits per heavy atom. The van der Waals surface area contributed by atoms with Gasteiger partial charge < -0.3 is 5.73 Å². The lowest BCUT2D eigenvalue weighted by Crippen LogP contribution is -2.45. The van der Waals surface area contributed by atoms with E-state index in [2.05, 4.69) is 5.10 Å². The highest BCUT2D eigenvalue weighted by Crippen LogP contribution is 2.41. The molecule has 2 heterocycles. The van der Waals surface area contributed by atoms with E-state index in [1.165, 1.54) is 34.8 Å². The van der Waals surface area contributed by atoms with E-state index in [9.17, 15) is 18.0 Å². The molecule has 8 nitrogen and oxygen atoms in total. The number of nitrogens with zero attached hydrogens (tertiary/aromatic N) is 3. The smallest absolute Gasteiger partial charge is 0.291 e. The third kappa shape index (κ3) is 3.66. The highest BCUT2D eigenvalue weighted by atomic mass is 35.5. The Kier molecular flexibility index (Phi) is 5.74. The normalized spacial score (nSPS) is 18.3. The first-order valence-corrected chi connectivity index (χ1v) is 11.8. The molecule has 11 heteroatoms. The van der Waals surface area contributed by atoms with Crippen LogP contribution in [-0.4, -0.2) is 30.1 Å². The molecule has 0 bridgehead atoms. The van der Waals surface area contributed by atoms with Crippen LogP contribution in [-0.2, 0) is 14.8 Å². The molecule has 0 aliphatic carbocycles. The predicted molar refractivity (Wildman–Crippen MR) is 122 cm³/mol. The Balaban J connectivity index is 1.76. The van der Waals surface area contributed by atoms with E-state index >= 15 is 0 Å². The van der Waals surface area contributed by atoms with Gasteiger partial charge in [-0.05, 0) is 49.2 Å². The summed E-state index contributed by atoms with van der Waals surface area (Å²) in [6, 6.07) is 12.0. The Bertz CT molecular complexity index is 1370. The van der Waals surface area contributed by atoms with Crippen LogP contribution in [0.4, 0.5) is 5.69 Å². The number of aromatic nitrogens is 2. The van der Waals surface area contributed by atoms with Crippen molar-refractivity contribution in [3.63, 3.8) is 0 Å². The number of para-hydroxylation sites is 1. The first-order valence-electron chi connectivity index (χ1n) is 9.59. The Morgan fingerprint density at radius 2 is 1.78 bits per heavy atom. The molecule has 1 amide bonds. The second-order valence-electron chi connectivity index (χ2n) is 7.42. The van der Waals surface area contributed by atoms with Gasteiger partial charge in [0.05, 0.1) is 33.4 Å². The number of sulfonamides is 1. The lowest BCUT2D eigenvalue weighted by molar-refractivity contribution is -0.119. The molecule has 2 unspecified atom stereocenters. The molecule has 3 aromatic rings. The quantitative estimate of drug-likeness (QED) is 0.600. The van der Waals surface area contributed by atoms with E-state index in [1.807, 2.05) is 0 Å². The lowest BCUT2D eigenvalue weighted by atomic mass is 9.87. The standard InChI is InChI=1S/C21H18Cl2N4O4S/c1-12-10-16(20(24)28)15-4-2-3-5-18(15)27(12)32(30,31)14-8-6-13(7-9-14)26-21(29)19(23)17(22)11-25-26/h2-9,11-12,16H,10H2,1H3,(H2,24,28). The van der Waals surface area contributed by atoms with Crippen molar-refractivity contribution >= 4 is 44.8 Å². The van der Waals surface area contributed by atoms with Gasteiger partial charge in [-0.25, -0.2) is 8.42 Å². The second-order valence-corrected chi connectivity index (χ2v) is 10.0. The molecule has 1 aliphatic heterocycles. The van der Waals surface area contributed by atoms with E-state index in [0.717, 1.165) is 4.68 Å². The number of hydrogen-bond acceptors (Lipinski definition) is 5. The lowest BCUT2D eigenvalue weighted by Gasteiger charge is -2.38. The summed E-state index contributed by atoms with van der Waals surface area (Å²) in [6.45, 7) is 1.73. The molecule has 1 aliphatic rings. The summed E-state index contributed by atoms with van der Waals surface area (Å²) >= 11 is 11.7. The van der Waals surface area contributed by atoms with Crippen molar-refractivity contribution in [2.75, 3.05) is 4.31 Å². The number of carbonyl (C=O) groups excluding carboxylic acids is 1. The van der Waals surface area contributed by atoms with Crippen molar-refractivity contribution in [2.45, 2.75) is 30.2 Å². The Labute approximate surface area is 194 Å². The molecule has 2 N–H and O–H groups in total. The van der Waals surface area contributed by atoms with Crippen LogP contribution in [0.5, 0.6) is 0 Å². The summed E-state index contributed by atoms with van der Waals surface area (Å²) in [5.41, 5.74) is 6.26. The second kappa shape index (κ2) is 8.23. The molecule has 0 saturated heterocycles. The first kappa shape index (κ1) is 22.3. The molecule has 0 fully saturated rings. The molecular weight excluding hydrogens is 475 g/mol. The number of rotatable bonds is 4. The summed E-state index contributed by atoms with van der Waals surface area (Å²) in [4.78, 5) is 24.3. The van der Waals surface area contributed by atoms with Crippen LogP contribution in [0.25, 0.3) is 5.69 Å². The maximum atomic E-state index is 13.5. The van der Waals surface area contributed by atoms with Crippen molar-refractivity contribution in [1.82, 2.24) is 9.78 Å². The molecule has 4 rings (SSSR count). The van der Waals surface area contributed by atoms with Crippen molar-refractivity contribution in [3.05, 3.63) is 80.7 Å². The molecule has 2 aromatic carbocycles. The molecule has 166 valence electrons. The fraction of sp³-hybridized carbons (Fsp3) is 0.190. The van der Waals surface area contributed by atoms with Gasteiger partial charge in [-0.1, -0.05) is 41.4 Å². The van der Waals surface area contributed by atoms with Gasteiger partial charge in [0.25, 0.3) is 15.6 Å². The number of fused-ring (bicyclic) bond motifs is 1. The van der Waals surface area contributed by atoms with E-state index in [-0.39, 0.29) is 21.4 Å². The minimum atomic E-state index is -3.97. The van der Waals surface area contributed by atoms with E-state index in [0.29, 0.717) is 16.9 Å². The van der Waals surface area contributed by atoms with Crippen LogP contribution in [0.3, 0.4) is 0 Å². The summed E-state index contributed by atoms with van der Waals surface area (Å²) in [5.74, 6) is -1.06. The average molecular weight is 493 g/mol. The number of nitrogens with two attached hydrogens (primary N) is 1. The molecule has 0 radical (unpaired) electrons. The Hall–Kier alpha value is -2.88. The number of hydrogen-bond donors (Lipinski definition) is 1. The SMILES string of the molecule is CC1CC(C(N)=O)c2ccccc2N1S(=O)(=O)c1ccc(-n2ncc(Cl)c(Cl)c2=O)cc1. The van der Waals surface area contributed by atoms with E-state index in [1.54, 1.807) is 31.2 Å². The maximum absolute atomic E-state index is 13.5. The number of benzene rings is 2.